The molecule has 2 aliphatic rings. The van der Waals surface area contributed by atoms with Crippen molar-refractivity contribution >= 4 is 11.9 Å². The van der Waals surface area contributed by atoms with Gasteiger partial charge in [0, 0.05) is 23.6 Å². The third kappa shape index (κ3) is 2.47. The summed E-state index contributed by atoms with van der Waals surface area (Å²) in [5.41, 5.74) is 0.998. The van der Waals surface area contributed by atoms with Crippen molar-refractivity contribution in [2.75, 3.05) is 6.61 Å². The van der Waals surface area contributed by atoms with Gasteiger partial charge < -0.3 is 14.6 Å². The summed E-state index contributed by atoms with van der Waals surface area (Å²) in [4.78, 5) is 27.1. The molecule has 7 heteroatoms. The zero-order chi connectivity index (χ0) is 19.1. The molecule has 1 fully saturated rings. The van der Waals surface area contributed by atoms with E-state index in [2.05, 4.69) is 10.5 Å². The van der Waals surface area contributed by atoms with Crippen LogP contribution in [0.4, 0.5) is 4.79 Å². The quantitative estimate of drug-likeness (QED) is 0.711. The third-order valence-electron chi connectivity index (χ3n) is 5.19. The topological polar surface area (TPSA) is 84.7 Å². The summed E-state index contributed by atoms with van der Waals surface area (Å²) in [7, 11) is 0. The number of urea groups is 1. The molecular weight excluding hydrogens is 358 g/mol. The molecule has 1 spiro atoms. The molecule has 1 N–H and O–H groups in total. The number of hydrogen-bond donors (Lipinski definition) is 1. The van der Waals surface area contributed by atoms with Crippen molar-refractivity contribution in [3.63, 3.8) is 0 Å². The first-order valence-corrected chi connectivity index (χ1v) is 9.05. The Hall–Kier alpha value is -3.61. The molecule has 0 bridgehead atoms. The second kappa shape index (κ2) is 6.23. The molecule has 3 aromatic rings. The van der Waals surface area contributed by atoms with Crippen molar-refractivity contribution in [3.8, 4) is 17.1 Å². The highest BCUT2D eigenvalue weighted by molar-refractivity contribution is 6.07. The number of nitrogens with zero attached hydrogens (tertiary/aromatic N) is 2. The lowest BCUT2D eigenvalue weighted by Crippen LogP contribution is -2.47. The predicted octanol–water partition coefficient (Wildman–Crippen LogP) is 3.07. The summed E-state index contributed by atoms with van der Waals surface area (Å²) < 4.78 is 11.0. The van der Waals surface area contributed by atoms with Crippen molar-refractivity contribution in [3.05, 3.63) is 71.9 Å². The summed E-state index contributed by atoms with van der Waals surface area (Å²) in [6.07, 6.45) is 0.388. The Morgan fingerprint density at radius 3 is 2.71 bits per heavy atom. The van der Waals surface area contributed by atoms with E-state index < -0.39 is 11.6 Å². The number of para-hydroxylation sites is 1. The van der Waals surface area contributed by atoms with Gasteiger partial charge in [-0.2, -0.15) is 0 Å². The molecule has 3 heterocycles. The van der Waals surface area contributed by atoms with Crippen molar-refractivity contribution < 1.29 is 18.8 Å². The maximum atomic E-state index is 13.3. The molecule has 3 amide bonds. The lowest BCUT2D eigenvalue weighted by Gasteiger charge is -2.33. The van der Waals surface area contributed by atoms with Crippen LogP contribution in [0.5, 0.6) is 5.75 Å². The summed E-state index contributed by atoms with van der Waals surface area (Å²) in [6, 6.07) is 18.2. The SMILES string of the molecule is O=C1N[C@@]2(CCOc3ccccc32)C(=O)N1Cc1cc(-c2ccccc2)on1. The van der Waals surface area contributed by atoms with Gasteiger partial charge in [-0.25, -0.2) is 4.79 Å². The number of carbonyl (C=O) groups is 2. The van der Waals surface area contributed by atoms with E-state index in [-0.39, 0.29) is 12.5 Å². The third-order valence-corrected chi connectivity index (χ3v) is 5.19. The molecule has 1 saturated heterocycles. The van der Waals surface area contributed by atoms with Crippen molar-refractivity contribution in [1.29, 1.82) is 0 Å². The van der Waals surface area contributed by atoms with E-state index in [1.54, 1.807) is 6.07 Å². The summed E-state index contributed by atoms with van der Waals surface area (Å²) in [5.74, 6) is 0.920. The maximum absolute atomic E-state index is 13.3. The van der Waals surface area contributed by atoms with E-state index >= 15 is 0 Å². The van der Waals surface area contributed by atoms with Crippen molar-refractivity contribution in [1.82, 2.24) is 15.4 Å². The van der Waals surface area contributed by atoms with E-state index in [0.29, 0.717) is 35.8 Å². The van der Waals surface area contributed by atoms with Gasteiger partial charge >= 0.3 is 6.03 Å². The molecule has 28 heavy (non-hydrogen) atoms. The molecule has 2 aromatic carbocycles. The predicted molar refractivity (Wildman–Crippen MR) is 99.3 cm³/mol. The number of aromatic nitrogens is 1. The van der Waals surface area contributed by atoms with Crippen LogP contribution in [0.3, 0.4) is 0 Å². The van der Waals surface area contributed by atoms with E-state index in [9.17, 15) is 9.59 Å². The number of amides is 3. The zero-order valence-corrected chi connectivity index (χ0v) is 14.9. The number of fused-ring (bicyclic) bond motifs is 2. The first-order valence-electron chi connectivity index (χ1n) is 9.05. The molecule has 1 aromatic heterocycles. The van der Waals surface area contributed by atoms with Crippen LogP contribution in [0.15, 0.2) is 65.2 Å². The fourth-order valence-electron chi connectivity index (χ4n) is 3.80. The van der Waals surface area contributed by atoms with Crippen LogP contribution in [0.1, 0.15) is 17.7 Å². The van der Waals surface area contributed by atoms with Gasteiger partial charge in [0.05, 0.1) is 13.2 Å². The van der Waals surface area contributed by atoms with Gasteiger partial charge in [0.15, 0.2) is 11.3 Å². The zero-order valence-electron chi connectivity index (χ0n) is 14.9. The minimum absolute atomic E-state index is 0.0474. The first kappa shape index (κ1) is 16.6. The lowest BCUT2D eigenvalue weighted by atomic mass is 9.84. The van der Waals surface area contributed by atoms with Crippen LogP contribution in [0.25, 0.3) is 11.3 Å². The summed E-state index contributed by atoms with van der Waals surface area (Å²) >= 11 is 0. The molecule has 5 rings (SSSR count). The number of benzene rings is 2. The number of carbonyl (C=O) groups excluding carboxylic acids is 2. The number of imide groups is 1. The van der Waals surface area contributed by atoms with Gasteiger partial charge in [-0.3, -0.25) is 9.69 Å². The van der Waals surface area contributed by atoms with Gasteiger partial charge in [0.2, 0.25) is 0 Å². The van der Waals surface area contributed by atoms with Crippen LogP contribution in [-0.2, 0) is 16.9 Å². The Kier molecular flexibility index (Phi) is 3.68. The van der Waals surface area contributed by atoms with Crippen molar-refractivity contribution in [2.24, 2.45) is 0 Å². The van der Waals surface area contributed by atoms with Gasteiger partial charge in [0.1, 0.15) is 11.4 Å². The Morgan fingerprint density at radius 2 is 1.86 bits per heavy atom. The molecule has 1 atom stereocenters. The highest BCUT2D eigenvalue weighted by Crippen LogP contribution is 2.41. The molecule has 7 nitrogen and oxygen atoms in total. The number of rotatable bonds is 3. The lowest BCUT2D eigenvalue weighted by molar-refractivity contribution is -0.133. The molecule has 0 radical (unpaired) electrons. The second-order valence-electron chi connectivity index (χ2n) is 6.87. The smallest absolute Gasteiger partial charge is 0.325 e. The molecule has 0 aliphatic carbocycles. The average Bonchev–Trinajstić information content (AvgIpc) is 3.29. The fraction of sp³-hybridized carbons (Fsp3) is 0.190. The summed E-state index contributed by atoms with van der Waals surface area (Å²) in [5, 5.41) is 6.91. The van der Waals surface area contributed by atoms with Gasteiger partial charge in [-0.15, -0.1) is 0 Å². The maximum Gasteiger partial charge on any atom is 0.325 e. The molecule has 0 saturated carbocycles. The van der Waals surface area contributed by atoms with Crippen LogP contribution >= 0.6 is 0 Å². The molecule has 140 valence electrons. The van der Waals surface area contributed by atoms with E-state index in [1.165, 1.54) is 4.90 Å². The Labute approximate surface area is 160 Å². The Morgan fingerprint density at radius 1 is 1.07 bits per heavy atom. The Balaban J connectivity index is 1.43. The minimum atomic E-state index is -1.09. The standard InChI is InChI=1S/C21H17N3O4/c25-19-21(10-11-27-17-9-5-4-8-16(17)21)22-20(26)24(19)13-15-12-18(28-23-15)14-6-2-1-3-7-14/h1-9,12H,10-11,13H2,(H,22,26)/t21-/m1/s1. The van der Waals surface area contributed by atoms with Crippen LogP contribution in [-0.4, -0.2) is 28.6 Å². The van der Waals surface area contributed by atoms with Crippen LogP contribution < -0.4 is 10.1 Å². The Bertz CT molecular complexity index is 1060. The monoisotopic (exact) mass is 375 g/mol. The fourth-order valence-corrected chi connectivity index (χ4v) is 3.80. The van der Waals surface area contributed by atoms with Gasteiger partial charge in [-0.1, -0.05) is 53.7 Å². The number of hydrogen-bond acceptors (Lipinski definition) is 5. The summed E-state index contributed by atoms with van der Waals surface area (Å²) in [6.45, 7) is 0.408. The molecule has 0 unspecified atom stereocenters. The van der Waals surface area contributed by atoms with E-state index in [4.69, 9.17) is 9.26 Å². The first-order chi connectivity index (χ1) is 13.7. The van der Waals surface area contributed by atoms with E-state index in [1.807, 2.05) is 54.6 Å². The highest BCUT2D eigenvalue weighted by atomic mass is 16.5. The molecule has 2 aliphatic heterocycles. The van der Waals surface area contributed by atoms with Gasteiger partial charge in [0.25, 0.3) is 5.91 Å². The second-order valence-corrected chi connectivity index (χ2v) is 6.87. The molecular formula is C21H17N3O4. The normalized spacial score (nSPS) is 20.8. The minimum Gasteiger partial charge on any atom is -0.493 e. The van der Waals surface area contributed by atoms with E-state index in [0.717, 1.165) is 5.56 Å². The highest BCUT2D eigenvalue weighted by Gasteiger charge is 2.54. The largest absolute Gasteiger partial charge is 0.493 e. The average molecular weight is 375 g/mol. The van der Waals surface area contributed by atoms with Crippen LogP contribution in [0, 0.1) is 0 Å². The number of nitrogens with one attached hydrogen (secondary N) is 1. The van der Waals surface area contributed by atoms with Gasteiger partial charge in [-0.05, 0) is 6.07 Å². The van der Waals surface area contributed by atoms with Crippen LogP contribution in [0.2, 0.25) is 0 Å². The number of ether oxygens (including phenoxy) is 1. The van der Waals surface area contributed by atoms with Crippen molar-refractivity contribution in [2.45, 2.75) is 18.5 Å².